The lowest BCUT2D eigenvalue weighted by molar-refractivity contribution is -0.123. The Morgan fingerprint density at radius 2 is 1.66 bits per heavy atom. The summed E-state index contributed by atoms with van der Waals surface area (Å²) in [5.74, 6) is -0.511. The van der Waals surface area contributed by atoms with Crippen LogP contribution in [0.15, 0.2) is 65.1 Å². The van der Waals surface area contributed by atoms with Gasteiger partial charge >= 0.3 is 0 Å². The molecule has 0 aromatic heterocycles. The van der Waals surface area contributed by atoms with Crippen molar-refractivity contribution in [1.29, 1.82) is 0 Å². The molecule has 0 heterocycles. The molecule has 3 rings (SSSR count). The first kappa shape index (κ1) is 23.3. The first-order valence-electron chi connectivity index (χ1n) is 10.3. The SMILES string of the molecule is CCCCC(=O)Nc1ccc(C(=O)NNC(=O)COc2ccc3ccccc3c2Br)cc1. The molecular formula is C24H24BrN3O4. The maximum atomic E-state index is 12.2. The van der Waals surface area contributed by atoms with Crippen molar-refractivity contribution < 1.29 is 19.1 Å². The number of carbonyl (C=O) groups excluding carboxylic acids is 3. The van der Waals surface area contributed by atoms with Crippen molar-refractivity contribution in [1.82, 2.24) is 10.9 Å². The second kappa shape index (κ2) is 11.3. The lowest BCUT2D eigenvalue weighted by Crippen LogP contribution is -2.43. The summed E-state index contributed by atoms with van der Waals surface area (Å²) >= 11 is 3.50. The van der Waals surface area contributed by atoms with E-state index in [0.717, 1.165) is 28.1 Å². The first-order chi connectivity index (χ1) is 15.5. The molecule has 7 nitrogen and oxygen atoms in total. The van der Waals surface area contributed by atoms with Crippen molar-refractivity contribution >= 4 is 50.1 Å². The quantitative estimate of drug-likeness (QED) is 0.397. The average Bonchev–Trinajstić information content (AvgIpc) is 2.81. The lowest BCUT2D eigenvalue weighted by Gasteiger charge is -2.11. The molecule has 3 amide bonds. The van der Waals surface area contributed by atoms with Gasteiger partial charge in [0.25, 0.3) is 11.8 Å². The number of hydrogen-bond donors (Lipinski definition) is 3. The monoisotopic (exact) mass is 497 g/mol. The van der Waals surface area contributed by atoms with E-state index in [1.807, 2.05) is 37.3 Å². The van der Waals surface area contributed by atoms with Crippen LogP contribution in [0.1, 0.15) is 36.5 Å². The number of halogens is 1. The Morgan fingerprint density at radius 3 is 2.41 bits per heavy atom. The van der Waals surface area contributed by atoms with Gasteiger partial charge in [-0.2, -0.15) is 0 Å². The lowest BCUT2D eigenvalue weighted by atomic mass is 10.1. The standard InChI is InChI=1S/C24H24BrN3O4/c1-2-3-8-21(29)26-18-12-9-17(10-13-18)24(31)28-27-22(30)15-32-20-14-11-16-6-4-5-7-19(16)23(20)25/h4-7,9-14H,2-3,8,15H2,1H3,(H,26,29)(H,27,30)(H,28,31). The van der Waals surface area contributed by atoms with Crippen LogP contribution < -0.4 is 20.9 Å². The summed E-state index contributed by atoms with van der Waals surface area (Å²) in [6, 6.07) is 17.9. The number of benzene rings is 3. The summed E-state index contributed by atoms with van der Waals surface area (Å²) in [5, 5.41) is 4.81. The molecule has 0 fully saturated rings. The largest absolute Gasteiger partial charge is 0.483 e. The molecule has 0 spiro atoms. The number of nitrogens with one attached hydrogen (secondary N) is 3. The van der Waals surface area contributed by atoms with E-state index in [-0.39, 0.29) is 12.5 Å². The number of anilines is 1. The Morgan fingerprint density at radius 1 is 0.906 bits per heavy atom. The second-order valence-corrected chi connectivity index (χ2v) is 7.91. The summed E-state index contributed by atoms with van der Waals surface area (Å²) in [4.78, 5) is 36.1. The molecule has 0 aliphatic rings. The molecule has 32 heavy (non-hydrogen) atoms. The minimum Gasteiger partial charge on any atom is -0.483 e. The third-order valence-corrected chi connectivity index (χ3v) is 5.51. The third-order valence-electron chi connectivity index (χ3n) is 4.69. The summed E-state index contributed by atoms with van der Waals surface area (Å²) in [6.45, 7) is 1.76. The van der Waals surface area contributed by atoms with Crippen molar-refractivity contribution in [3.63, 3.8) is 0 Å². The van der Waals surface area contributed by atoms with Crippen LogP contribution in [0.3, 0.4) is 0 Å². The average molecular weight is 498 g/mol. The maximum Gasteiger partial charge on any atom is 0.276 e. The molecule has 166 valence electrons. The highest BCUT2D eigenvalue weighted by Crippen LogP contribution is 2.32. The zero-order chi connectivity index (χ0) is 22.9. The number of hydrogen-bond acceptors (Lipinski definition) is 4. The number of hydrazine groups is 1. The van der Waals surface area contributed by atoms with Crippen LogP contribution in [0.2, 0.25) is 0 Å². The van der Waals surface area contributed by atoms with Gasteiger partial charge in [-0.25, -0.2) is 0 Å². The highest BCUT2D eigenvalue weighted by molar-refractivity contribution is 9.10. The van der Waals surface area contributed by atoms with Crippen molar-refractivity contribution in [3.8, 4) is 5.75 Å². The van der Waals surface area contributed by atoms with Crippen LogP contribution in [0.4, 0.5) is 5.69 Å². The normalized spacial score (nSPS) is 10.4. The van der Waals surface area contributed by atoms with Crippen LogP contribution in [-0.4, -0.2) is 24.3 Å². The fourth-order valence-electron chi connectivity index (χ4n) is 2.97. The topological polar surface area (TPSA) is 96.5 Å². The molecule has 0 aliphatic heterocycles. The van der Waals surface area contributed by atoms with Gasteiger partial charge in [-0.15, -0.1) is 0 Å². The molecule has 0 saturated heterocycles. The Kier molecular flexibility index (Phi) is 8.21. The molecular weight excluding hydrogens is 474 g/mol. The minimum absolute atomic E-state index is 0.0608. The first-order valence-corrected chi connectivity index (χ1v) is 11.1. The van der Waals surface area contributed by atoms with Gasteiger partial charge in [-0.1, -0.05) is 43.7 Å². The van der Waals surface area contributed by atoms with Crippen LogP contribution in [0.5, 0.6) is 5.75 Å². The summed E-state index contributed by atoms with van der Waals surface area (Å²) in [7, 11) is 0. The summed E-state index contributed by atoms with van der Waals surface area (Å²) < 4.78 is 6.33. The van der Waals surface area contributed by atoms with E-state index >= 15 is 0 Å². The number of ether oxygens (including phenoxy) is 1. The highest BCUT2D eigenvalue weighted by atomic mass is 79.9. The number of carbonyl (C=O) groups is 3. The molecule has 0 saturated carbocycles. The van der Waals surface area contributed by atoms with Crippen LogP contribution >= 0.6 is 15.9 Å². The van der Waals surface area contributed by atoms with Gasteiger partial charge in [0, 0.05) is 17.7 Å². The minimum atomic E-state index is -0.502. The second-order valence-electron chi connectivity index (χ2n) is 7.12. The number of rotatable bonds is 8. The predicted molar refractivity (Wildman–Crippen MR) is 127 cm³/mol. The van der Waals surface area contributed by atoms with Gasteiger partial charge in [0.15, 0.2) is 6.61 Å². The van der Waals surface area contributed by atoms with E-state index in [4.69, 9.17) is 4.74 Å². The Bertz CT molecular complexity index is 1120. The molecule has 0 unspecified atom stereocenters. The van der Waals surface area contributed by atoms with E-state index in [0.29, 0.717) is 23.4 Å². The van der Waals surface area contributed by atoms with Gasteiger partial charge in [0.1, 0.15) is 5.75 Å². The summed E-state index contributed by atoms with van der Waals surface area (Å²) in [6.07, 6.45) is 2.24. The molecule has 3 aromatic carbocycles. The zero-order valence-corrected chi connectivity index (χ0v) is 19.2. The van der Waals surface area contributed by atoms with E-state index in [9.17, 15) is 14.4 Å². The van der Waals surface area contributed by atoms with Gasteiger partial charge in [0.05, 0.1) is 4.47 Å². The predicted octanol–water partition coefficient (Wildman–Crippen LogP) is 4.57. The van der Waals surface area contributed by atoms with Crippen molar-refractivity contribution in [2.45, 2.75) is 26.2 Å². The molecule has 8 heteroatoms. The van der Waals surface area contributed by atoms with Crippen molar-refractivity contribution in [2.75, 3.05) is 11.9 Å². The Balaban J connectivity index is 1.47. The van der Waals surface area contributed by atoms with Gasteiger partial charge in [-0.05, 0) is 63.5 Å². The van der Waals surface area contributed by atoms with Gasteiger partial charge in [-0.3, -0.25) is 25.2 Å². The molecule has 0 radical (unpaired) electrons. The number of fused-ring (bicyclic) bond motifs is 1. The van der Waals surface area contributed by atoms with E-state index in [2.05, 4.69) is 32.1 Å². The zero-order valence-electron chi connectivity index (χ0n) is 17.6. The maximum absolute atomic E-state index is 12.2. The summed E-state index contributed by atoms with van der Waals surface area (Å²) in [5.41, 5.74) is 5.63. The molecule has 0 atom stereocenters. The number of amides is 3. The molecule has 3 aromatic rings. The smallest absolute Gasteiger partial charge is 0.276 e. The van der Waals surface area contributed by atoms with Gasteiger partial charge < -0.3 is 10.1 Å². The Labute approximate surface area is 194 Å². The molecule has 3 N–H and O–H groups in total. The van der Waals surface area contributed by atoms with Crippen molar-refractivity contribution in [3.05, 3.63) is 70.7 Å². The van der Waals surface area contributed by atoms with Crippen molar-refractivity contribution in [2.24, 2.45) is 0 Å². The van der Waals surface area contributed by atoms with E-state index < -0.39 is 11.8 Å². The van der Waals surface area contributed by atoms with Gasteiger partial charge in [0.2, 0.25) is 5.91 Å². The molecule has 0 aliphatic carbocycles. The Hall–Kier alpha value is -3.39. The molecule has 0 bridgehead atoms. The third kappa shape index (κ3) is 6.31. The highest BCUT2D eigenvalue weighted by Gasteiger charge is 2.11. The van der Waals surface area contributed by atoms with E-state index in [1.165, 1.54) is 0 Å². The van der Waals surface area contributed by atoms with Crippen LogP contribution in [0.25, 0.3) is 10.8 Å². The van der Waals surface area contributed by atoms with E-state index in [1.54, 1.807) is 30.3 Å². The fraction of sp³-hybridized carbons (Fsp3) is 0.208. The fourth-order valence-corrected chi connectivity index (χ4v) is 3.58. The van der Waals surface area contributed by atoms with Crippen LogP contribution in [-0.2, 0) is 9.59 Å². The number of unbranched alkanes of at least 4 members (excludes halogenated alkanes) is 1. The van der Waals surface area contributed by atoms with Crippen LogP contribution in [0, 0.1) is 0 Å².